The van der Waals surface area contributed by atoms with E-state index in [1.54, 1.807) is 11.3 Å². The van der Waals surface area contributed by atoms with Crippen LogP contribution in [0.4, 0.5) is 5.82 Å². The van der Waals surface area contributed by atoms with Crippen LogP contribution >= 0.6 is 22.9 Å². The Bertz CT molecular complexity index is 1280. The van der Waals surface area contributed by atoms with Gasteiger partial charge in [-0.1, -0.05) is 17.7 Å². The number of halogens is 1. The number of rotatable bonds is 5. The van der Waals surface area contributed by atoms with E-state index in [0.29, 0.717) is 18.1 Å². The molecule has 1 saturated heterocycles. The largest absolute Gasteiger partial charge is 0.352 e. The van der Waals surface area contributed by atoms with Crippen molar-refractivity contribution < 1.29 is 4.79 Å². The lowest BCUT2D eigenvalue weighted by molar-refractivity contribution is -0.125. The molecule has 0 saturated carbocycles. The first kappa shape index (κ1) is 21.9. The number of carbonyl (C=O) groups is 1. The number of fused-ring (bicyclic) bond motifs is 1. The molecule has 0 radical (unpaired) electrons. The molecule has 0 aliphatic carbocycles. The summed E-state index contributed by atoms with van der Waals surface area (Å²) in [5.74, 6) is 0.741. The first-order valence-corrected chi connectivity index (χ1v) is 12.3. The van der Waals surface area contributed by atoms with E-state index in [4.69, 9.17) is 16.7 Å². The van der Waals surface area contributed by atoms with Crippen molar-refractivity contribution in [3.63, 3.8) is 0 Å². The Morgan fingerprint density at radius 1 is 1.21 bits per heavy atom. The van der Waals surface area contributed by atoms with Gasteiger partial charge in [-0.25, -0.2) is 4.68 Å². The first-order valence-electron chi connectivity index (χ1n) is 11.0. The van der Waals surface area contributed by atoms with E-state index in [2.05, 4.69) is 20.4 Å². The fourth-order valence-corrected chi connectivity index (χ4v) is 5.24. The van der Waals surface area contributed by atoms with Crippen LogP contribution in [-0.4, -0.2) is 39.0 Å². The zero-order chi connectivity index (χ0) is 22.9. The Morgan fingerprint density at radius 2 is 2.03 bits per heavy atom. The molecule has 4 aromatic rings. The lowest BCUT2D eigenvalue weighted by Gasteiger charge is -2.32. The molecular formula is C24H25ClN6OS. The summed E-state index contributed by atoms with van der Waals surface area (Å²) in [4.78, 5) is 16.2. The zero-order valence-electron chi connectivity index (χ0n) is 18.6. The molecule has 170 valence electrons. The molecule has 33 heavy (non-hydrogen) atoms. The highest BCUT2D eigenvalue weighted by Gasteiger charge is 2.29. The van der Waals surface area contributed by atoms with E-state index in [1.807, 2.05) is 60.3 Å². The number of nitrogens with one attached hydrogen (secondary N) is 1. The Balaban J connectivity index is 1.43. The highest BCUT2D eigenvalue weighted by atomic mass is 35.5. The third kappa shape index (κ3) is 4.32. The summed E-state index contributed by atoms with van der Waals surface area (Å²) < 4.78 is 1.91. The van der Waals surface area contributed by atoms with Gasteiger partial charge >= 0.3 is 0 Å². The van der Waals surface area contributed by atoms with E-state index in [1.165, 1.54) is 0 Å². The lowest BCUT2D eigenvalue weighted by atomic mass is 9.97. The number of carbonyl (C=O) groups excluding carboxylic acids is 1. The van der Waals surface area contributed by atoms with Crippen molar-refractivity contribution in [3.05, 3.63) is 63.1 Å². The molecule has 1 amide bonds. The Kier molecular flexibility index (Phi) is 6.03. The highest BCUT2D eigenvalue weighted by molar-refractivity contribution is 7.09. The third-order valence-corrected chi connectivity index (χ3v) is 7.29. The van der Waals surface area contributed by atoms with Crippen molar-refractivity contribution in [3.8, 4) is 5.69 Å². The van der Waals surface area contributed by atoms with Crippen molar-refractivity contribution in [1.29, 1.82) is 0 Å². The number of anilines is 1. The summed E-state index contributed by atoms with van der Waals surface area (Å²) >= 11 is 7.72. The van der Waals surface area contributed by atoms with Crippen LogP contribution in [-0.2, 0) is 11.3 Å². The minimum atomic E-state index is -0.0867. The molecule has 9 heteroatoms. The number of aromatic nitrogens is 4. The number of aryl methyl sites for hydroxylation is 2. The molecular weight excluding hydrogens is 456 g/mol. The molecule has 1 aromatic carbocycles. The summed E-state index contributed by atoms with van der Waals surface area (Å²) in [6.07, 6.45) is 1.79. The van der Waals surface area contributed by atoms with Gasteiger partial charge in [0.15, 0.2) is 5.82 Å². The monoisotopic (exact) mass is 480 g/mol. The molecule has 1 atom stereocenters. The summed E-state index contributed by atoms with van der Waals surface area (Å²) in [7, 11) is 0. The quantitative estimate of drug-likeness (QED) is 0.449. The minimum absolute atomic E-state index is 0.0867. The second kappa shape index (κ2) is 9.11. The van der Waals surface area contributed by atoms with E-state index < -0.39 is 0 Å². The molecule has 1 aliphatic heterocycles. The number of amides is 1. The second-order valence-electron chi connectivity index (χ2n) is 8.39. The maximum absolute atomic E-state index is 12.9. The van der Waals surface area contributed by atoms with Gasteiger partial charge in [0.05, 0.1) is 34.9 Å². The van der Waals surface area contributed by atoms with Gasteiger partial charge < -0.3 is 10.2 Å². The Morgan fingerprint density at radius 3 is 2.79 bits per heavy atom. The summed E-state index contributed by atoms with van der Waals surface area (Å²) in [5.41, 5.74) is 3.59. The van der Waals surface area contributed by atoms with Gasteiger partial charge in [0, 0.05) is 23.0 Å². The first-order chi connectivity index (χ1) is 16.0. The molecule has 5 rings (SSSR count). The zero-order valence-corrected chi connectivity index (χ0v) is 20.2. The average Bonchev–Trinajstić information content (AvgIpc) is 3.47. The standard InChI is InChI=1S/C24H25ClN6OS/c1-15-21-16(2)31(19-9-7-18(25)8-10-19)29-22(21)23(28-27-15)30-11-3-5-17(14-30)24(32)26-13-20-6-4-12-33-20/h4,6-10,12,17H,3,5,11,13-14H2,1-2H3,(H,26,32)/t17-/m0/s1. The van der Waals surface area contributed by atoms with Crippen molar-refractivity contribution in [2.75, 3.05) is 18.0 Å². The summed E-state index contributed by atoms with van der Waals surface area (Å²) in [5, 5.41) is 20.7. The number of thiophene rings is 1. The van der Waals surface area contributed by atoms with Gasteiger partial charge in [-0.05, 0) is 62.4 Å². The van der Waals surface area contributed by atoms with E-state index >= 15 is 0 Å². The Labute approximate surface area is 201 Å². The van der Waals surface area contributed by atoms with Crippen LogP contribution in [0.15, 0.2) is 41.8 Å². The van der Waals surface area contributed by atoms with Crippen LogP contribution in [0.3, 0.4) is 0 Å². The van der Waals surface area contributed by atoms with Crippen LogP contribution in [0.5, 0.6) is 0 Å². The molecule has 1 fully saturated rings. The van der Waals surface area contributed by atoms with Gasteiger partial charge in [-0.2, -0.15) is 10.2 Å². The van der Waals surface area contributed by atoms with Crippen molar-refractivity contribution in [2.45, 2.75) is 33.2 Å². The fraction of sp³-hybridized carbons (Fsp3) is 0.333. The maximum atomic E-state index is 12.9. The summed E-state index contributed by atoms with van der Waals surface area (Å²) in [6.45, 7) is 6.01. The minimum Gasteiger partial charge on any atom is -0.352 e. The molecule has 0 unspecified atom stereocenters. The molecule has 0 spiro atoms. The number of piperidine rings is 1. The van der Waals surface area contributed by atoms with Crippen LogP contribution < -0.4 is 10.2 Å². The van der Waals surface area contributed by atoms with Gasteiger partial charge in [0.25, 0.3) is 0 Å². The second-order valence-corrected chi connectivity index (χ2v) is 9.86. The normalized spacial score (nSPS) is 16.3. The van der Waals surface area contributed by atoms with Gasteiger partial charge in [-0.3, -0.25) is 4.79 Å². The number of hydrogen-bond acceptors (Lipinski definition) is 6. The van der Waals surface area contributed by atoms with Gasteiger partial charge in [-0.15, -0.1) is 16.4 Å². The number of hydrogen-bond donors (Lipinski definition) is 1. The predicted octanol–water partition coefficient (Wildman–Crippen LogP) is 4.68. The fourth-order valence-electron chi connectivity index (χ4n) is 4.47. The molecule has 0 bridgehead atoms. The Hall–Kier alpha value is -2.97. The predicted molar refractivity (Wildman–Crippen MR) is 132 cm³/mol. The van der Waals surface area contributed by atoms with Gasteiger partial charge in [0.1, 0.15) is 5.52 Å². The highest BCUT2D eigenvalue weighted by Crippen LogP contribution is 2.31. The molecule has 3 aromatic heterocycles. The van der Waals surface area contributed by atoms with Crippen molar-refractivity contribution in [2.24, 2.45) is 5.92 Å². The average molecular weight is 481 g/mol. The van der Waals surface area contributed by atoms with E-state index in [-0.39, 0.29) is 11.8 Å². The SMILES string of the molecule is Cc1nnc(N2CCC[C@H](C(=O)NCc3cccs3)C2)c2nn(-c3ccc(Cl)cc3)c(C)c12. The van der Waals surface area contributed by atoms with E-state index in [0.717, 1.165) is 58.1 Å². The smallest absolute Gasteiger partial charge is 0.225 e. The molecule has 4 heterocycles. The van der Waals surface area contributed by atoms with E-state index in [9.17, 15) is 4.79 Å². The molecule has 1 N–H and O–H groups in total. The van der Waals surface area contributed by atoms with Crippen LogP contribution in [0.25, 0.3) is 16.6 Å². The van der Waals surface area contributed by atoms with Crippen molar-refractivity contribution >= 4 is 45.6 Å². The molecule has 1 aliphatic rings. The maximum Gasteiger partial charge on any atom is 0.225 e. The number of nitrogens with zero attached hydrogens (tertiary/aromatic N) is 5. The van der Waals surface area contributed by atoms with Crippen LogP contribution in [0.1, 0.15) is 29.1 Å². The van der Waals surface area contributed by atoms with Crippen LogP contribution in [0, 0.1) is 19.8 Å². The van der Waals surface area contributed by atoms with Crippen LogP contribution in [0.2, 0.25) is 5.02 Å². The number of benzene rings is 1. The summed E-state index contributed by atoms with van der Waals surface area (Å²) in [6, 6.07) is 11.7. The lowest BCUT2D eigenvalue weighted by Crippen LogP contribution is -2.43. The van der Waals surface area contributed by atoms with Gasteiger partial charge in [0.2, 0.25) is 5.91 Å². The topological polar surface area (TPSA) is 75.9 Å². The molecule has 7 nitrogen and oxygen atoms in total. The third-order valence-electron chi connectivity index (χ3n) is 6.16. The van der Waals surface area contributed by atoms with Crippen molar-refractivity contribution in [1.82, 2.24) is 25.3 Å².